The van der Waals surface area contributed by atoms with Gasteiger partial charge >= 0.3 is 8.60 Å². The van der Waals surface area contributed by atoms with Gasteiger partial charge in [-0.1, -0.05) is 261 Å². The maximum atomic E-state index is 8.09. The highest BCUT2D eigenvalue weighted by atomic mass is 31.2. The molecule has 6 aromatic carbocycles. The maximum absolute atomic E-state index is 8.09. The summed E-state index contributed by atoms with van der Waals surface area (Å²) < 4.78 is 24.3. The van der Waals surface area contributed by atoms with E-state index in [0.29, 0.717) is 0 Å². The van der Waals surface area contributed by atoms with Crippen LogP contribution in [0.1, 0.15) is 131 Å². The Labute approximate surface area is 389 Å². The first-order chi connectivity index (χ1) is 31.4. The van der Waals surface area contributed by atoms with Gasteiger partial charge in [-0.3, -0.25) is 0 Å². The highest BCUT2D eigenvalue weighted by molar-refractivity contribution is 7.41. The fourth-order valence-electron chi connectivity index (χ4n) is 9.48. The molecule has 6 rings (SSSR count). The first-order valence-electron chi connectivity index (χ1n) is 24.5. The van der Waals surface area contributed by atoms with Crippen molar-refractivity contribution in [1.29, 1.82) is 0 Å². The van der Waals surface area contributed by atoms with Crippen LogP contribution in [0.15, 0.2) is 182 Å². The van der Waals surface area contributed by atoms with E-state index in [9.17, 15) is 0 Å². The summed E-state index contributed by atoms with van der Waals surface area (Å²) in [5, 5.41) is 0. The number of hydrogen-bond donors (Lipinski definition) is 0. The third-order valence-electron chi connectivity index (χ3n) is 12.7. The highest BCUT2D eigenvalue weighted by Crippen LogP contribution is 2.56. The lowest BCUT2D eigenvalue weighted by Gasteiger charge is -2.45. The second kappa shape index (κ2) is 26.6. The molecule has 0 saturated heterocycles. The fraction of sp³-hybridized carbons (Fsp3) is 0.400. The van der Waals surface area contributed by atoms with Gasteiger partial charge in [-0.05, 0) is 52.6 Å². The molecule has 4 heteroatoms. The van der Waals surface area contributed by atoms with Crippen molar-refractivity contribution < 1.29 is 13.6 Å². The van der Waals surface area contributed by atoms with Gasteiger partial charge in [0.15, 0.2) is 0 Å². The second-order valence-corrected chi connectivity index (χ2v) is 19.4. The smallest absolute Gasteiger partial charge is 0.305 e. The van der Waals surface area contributed by atoms with Crippen LogP contribution in [-0.2, 0) is 52.1 Å². The lowest BCUT2D eigenvalue weighted by Crippen LogP contribution is -2.43. The molecule has 0 aliphatic heterocycles. The van der Waals surface area contributed by atoms with E-state index in [1.165, 1.54) is 33.4 Å². The van der Waals surface area contributed by atoms with Crippen LogP contribution in [0.5, 0.6) is 0 Å². The summed E-state index contributed by atoms with van der Waals surface area (Å²) in [7, 11) is -1.96. The number of unbranched alkanes of at least 4 members (excludes halogenated alkanes) is 6. The summed E-state index contributed by atoms with van der Waals surface area (Å²) in [4.78, 5) is 0. The summed E-state index contributed by atoms with van der Waals surface area (Å²) in [6, 6.07) is 66.0. The molecule has 0 aliphatic carbocycles. The molecule has 0 N–H and O–H groups in total. The first kappa shape index (κ1) is 49.1. The summed E-state index contributed by atoms with van der Waals surface area (Å²) in [5.74, 6) is 0. The zero-order valence-corrected chi connectivity index (χ0v) is 40.1. The standard InChI is InChI=1S/C60H75O3P/c1-4-7-28-43-58(46-52-31-16-10-17-32-52,47-53-33-18-11-19-34-53)61-64(62-59(44-29-8-5-2,48-54-35-20-12-21-36-54)49-55-37-22-13-23-38-55)63-60(45-30-9-6-3,50-56-39-24-14-25-40-56)51-57-41-26-15-27-42-57/h10-27,31-42H,4-9,28-30,43-51H2,1-3H3. The van der Waals surface area contributed by atoms with Gasteiger partial charge in [0.05, 0.1) is 16.8 Å². The van der Waals surface area contributed by atoms with Gasteiger partial charge < -0.3 is 13.6 Å². The maximum Gasteiger partial charge on any atom is 0.334 e. The topological polar surface area (TPSA) is 27.7 Å². The molecule has 0 amide bonds. The molecule has 0 heterocycles. The van der Waals surface area contributed by atoms with Gasteiger partial charge in [0.25, 0.3) is 0 Å². The molecule has 0 aromatic heterocycles. The summed E-state index contributed by atoms with van der Waals surface area (Å²) in [5.41, 5.74) is 5.87. The van der Waals surface area contributed by atoms with Crippen LogP contribution >= 0.6 is 8.60 Å². The molecule has 64 heavy (non-hydrogen) atoms. The Kier molecular flexibility index (Phi) is 20.4. The van der Waals surface area contributed by atoms with Gasteiger partial charge in [0.1, 0.15) is 0 Å². The third-order valence-corrected chi connectivity index (χ3v) is 14.3. The van der Waals surface area contributed by atoms with E-state index in [0.717, 1.165) is 116 Å². The fourth-order valence-corrected chi connectivity index (χ4v) is 11.2. The van der Waals surface area contributed by atoms with Crippen molar-refractivity contribution in [2.24, 2.45) is 0 Å². The van der Waals surface area contributed by atoms with E-state index < -0.39 is 25.4 Å². The molecule has 338 valence electrons. The van der Waals surface area contributed by atoms with Crippen LogP contribution in [0.3, 0.4) is 0 Å². The number of benzene rings is 6. The zero-order chi connectivity index (χ0) is 44.6. The Morgan fingerprint density at radius 2 is 0.469 bits per heavy atom. The van der Waals surface area contributed by atoms with Gasteiger partial charge in [0, 0.05) is 38.5 Å². The predicted molar refractivity (Wildman–Crippen MR) is 272 cm³/mol. The Balaban J connectivity index is 1.57. The van der Waals surface area contributed by atoms with E-state index in [1.54, 1.807) is 0 Å². The molecule has 0 atom stereocenters. The average Bonchev–Trinajstić information content (AvgIpc) is 3.31. The van der Waals surface area contributed by atoms with E-state index in [-0.39, 0.29) is 0 Å². The largest absolute Gasteiger partial charge is 0.334 e. The van der Waals surface area contributed by atoms with Crippen LogP contribution in [0.4, 0.5) is 0 Å². The monoisotopic (exact) mass is 875 g/mol. The van der Waals surface area contributed by atoms with Crippen molar-refractivity contribution in [3.05, 3.63) is 215 Å². The van der Waals surface area contributed by atoms with E-state index in [1.807, 2.05) is 0 Å². The molecular formula is C60H75O3P. The van der Waals surface area contributed by atoms with Crippen molar-refractivity contribution in [2.45, 2.75) is 153 Å². The van der Waals surface area contributed by atoms with Crippen LogP contribution < -0.4 is 0 Å². The molecule has 0 unspecified atom stereocenters. The molecule has 0 saturated carbocycles. The minimum absolute atomic E-state index is 0.590. The van der Waals surface area contributed by atoms with Crippen molar-refractivity contribution in [1.82, 2.24) is 0 Å². The van der Waals surface area contributed by atoms with Crippen molar-refractivity contribution in [3.8, 4) is 0 Å². The highest BCUT2D eigenvalue weighted by Gasteiger charge is 2.45. The quantitative estimate of drug-likeness (QED) is 0.0333. The normalized spacial score (nSPS) is 12.2. The summed E-state index contributed by atoms with van der Waals surface area (Å²) in [6.07, 6.45) is 17.3. The van der Waals surface area contributed by atoms with Gasteiger partial charge in [-0.25, -0.2) is 0 Å². The minimum Gasteiger partial charge on any atom is -0.305 e. The van der Waals surface area contributed by atoms with E-state index in [4.69, 9.17) is 13.6 Å². The SMILES string of the molecule is CCCCCC(Cc1ccccc1)(Cc1ccccc1)OP(OC(CCCCC)(Cc1ccccc1)Cc1ccccc1)OC(CCCCC)(Cc1ccccc1)Cc1ccccc1. The lowest BCUT2D eigenvalue weighted by atomic mass is 9.83. The summed E-state index contributed by atoms with van der Waals surface area (Å²) >= 11 is 0. The zero-order valence-electron chi connectivity index (χ0n) is 39.2. The van der Waals surface area contributed by atoms with Crippen molar-refractivity contribution >= 4 is 8.60 Å². The van der Waals surface area contributed by atoms with Crippen LogP contribution in [-0.4, -0.2) is 16.8 Å². The molecule has 0 spiro atoms. The molecule has 6 aromatic rings. The number of rotatable bonds is 30. The molecular weight excluding hydrogens is 800 g/mol. The third kappa shape index (κ3) is 16.3. The summed E-state index contributed by atoms with van der Waals surface area (Å²) in [6.45, 7) is 6.89. The first-order valence-corrected chi connectivity index (χ1v) is 25.6. The van der Waals surface area contributed by atoms with E-state index in [2.05, 4.69) is 203 Å². The Hall–Kier alpha value is -4.37. The van der Waals surface area contributed by atoms with Gasteiger partial charge in [-0.15, -0.1) is 0 Å². The molecule has 0 fully saturated rings. The second-order valence-electron chi connectivity index (χ2n) is 18.4. The molecule has 0 radical (unpaired) electrons. The molecule has 0 aliphatic rings. The minimum atomic E-state index is -1.96. The molecule has 3 nitrogen and oxygen atoms in total. The lowest BCUT2D eigenvalue weighted by molar-refractivity contribution is -0.0535. The predicted octanol–water partition coefficient (Wildman–Crippen LogP) is 16.7. The van der Waals surface area contributed by atoms with Crippen molar-refractivity contribution in [2.75, 3.05) is 0 Å². The van der Waals surface area contributed by atoms with Gasteiger partial charge in [0.2, 0.25) is 0 Å². The Bertz CT molecular complexity index is 1720. The Morgan fingerprint density at radius 3 is 0.641 bits per heavy atom. The van der Waals surface area contributed by atoms with Crippen LogP contribution in [0.25, 0.3) is 0 Å². The Morgan fingerprint density at radius 1 is 0.281 bits per heavy atom. The van der Waals surface area contributed by atoms with Crippen molar-refractivity contribution in [3.63, 3.8) is 0 Å². The molecule has 0 bridgehead atoms. The van der Waals surface area contributed by atoms with Gasteiger partial charge in [-0.2, -0.15) is 0 Å². The number of hydrogen-bond acceptors (Lipinski definition) is 3. The average molecular weight is 875 g/mol. The van der Waals surface area contributed by atoms with E-state index >= 15 is 0 Å². The van der Waals surface area contributed by atoms with Crippen LogP contribution in [0.2, 0.25) is 0 Å². The van der Waals surface area contributed by atoms with Crippen LogP contribution in [0, 0.1) is 0 Å².